The fourth-order valence-corrected chi connectivity index (χ4v) is 2.63. The lowest BCUT2D eigenvalue weighted by molar-refractivity contribution is -0.132. The Balaban J connectivity index is 1.46. The lowest BCUT2D eigenvalue weighted by Crippen LogP contribution is -2.49. The molecular formula is C13H16N6O. The zero-order chi connectivity index (χ0) is 13.5. The standard InChI is InChI=1S/C13H16N6O/c20-13(10-1-2-10)18-7-5-17(6-8-18)12-4-3-11-15-14-9-19(11)16-12/h3-4,9-10H,1-2,5-8H2. The Labute approximate surface area is 116 Å². The van der Waals surface area contributed by atoms with Gasteiger partial charge in [-0.15, -0.1) is 15.3 Å². The summed E-state index contributed by atoms with van der Waals surface area (Å²) in [6, 6.07) is 3.87. The van der Waals surface area contributed by atoms with Gasteiger partial charge in [0.1, 0.15) is 12.1 Å². The highest BCUT2D eigenvalue weighted by Gasteiger charge is 2.34. The van der Waals surface area contributed by atoms with Gasteiger partial charge in [-0.1, -0.05) is 0 Å². The van der Waals surface area contributed by atoms with Crippen LogP contribution in [0.1, 0.15) is 12.8 Å². The van der Waals surface area contributed by atoms with Crippen molar-refractivity contribution in [2.75, 3.05) is 31.1 Å². The number of aromatic nitrogens is 4. The van der Waals surface area contributed by atoms with Crippen LogP contribution < -0.4 is 4.90 Å². The van der Waals surface area contributed by atoms with Gasteiger partial charge >= 0.3 is 0 Å². The van der Waals surface area contributed by atoms with Crippen LogP contribution in [0.3, 0.4) is 0 Å². The Morgan fingerprint density at radius 1 is 1.15 bits per heavy atom. The summed E-state index contributed by atoms with van der Waals surface area (Å²) in [4.78, 5) is 16.2. The summed E-state index contributed by atoms with van der Waals surface area (Å²) in [5.41, 5.74) is 0.747. The summed E-state index contributed by atoms with van der Waals surface area (Å²) in [7, 11) is 0. The first-order valence-electron chi connectivity index (χ1n) is 7.02. The Morgan fingerprint density at radius 2 is 1.95 bits per heavy atom. The molecule has 104 valence electrons. The van der Waals surface area contributed by atoms with Crippen LogP contribution in [-0.2, 0) is 4.79 Å². The maximum atomic E-state index is 12.0. The SMILES string of the molecule is O=C(C1CC1)N1CCN(c2ccc3nncn3n2)CC1. The number of carbonyl (C=O) groups excluding carboxylic acids is 1. The summed E-state index contributed by atoms with van der Waals surface area (Å²) in [6.45, 7) is 3.24. The highest BCUT2D eigenvalue weighted by molar-refractivity contribution is 5.81. The first-order valence-corrected chi connectivity index (χ1v) is 7.02. The van der Waals surface area contributed by atoms with Crippen LogP contribution in [0.25, 0.3) is 5.65 Å². The number of anilines is 1. The van der Waals surface area contributed by atoms with E-state index in [0.29, 0.717) is 11.8 Å². The summed E-state index contributed by atoms with van der Waals surface area (Å²) in [5.74, 6) is 1.57. The van der Waals surface area contributed by atoms with Crippen molar-refractivity contribution in [1.29, 1.82) is 0 Å². The van der Waals surface area contributed by atoms with E-state index in [-0.39, 0.29) is 0 Å². The molecule has 4 rings (SSSR count). The predicted molar refractivity (Wildman–Crippen MR) is 72.3 cm³/mol. The zero-order valence-electron chi connectivity index (χ0n) is 11.1. The van der Waals surface area contributed by atoms with Crippen molar-refractivity contribution < 1.29 is 4.79 Å². The van der Waals surface area contributed by atoms with Gasteiger partial charge in [-0.05, 0) is 25.0 Å². The molecule has 0 spiro atoms. The average molecular weight is 272 g/mol. The Hall–Kier alpha value is -2.18. The van der Waals surface area contributed by atoms with Crippen molar-refractivity contribution in [3.8, 4) is 0 Å². The molecule has 2 aliphatic rings. The molecular weight excluding hydrogens is 256 g/mol. The van der Waals surface area contributed by atoms with Crippen molar-refractivity contribution in [2.45, 2.75) is 12.8 Å². The molecule has 1 saturated heterocycles. The molecule has 2 fully saturated rings. The molecule has 1 saturated carbocycles. The number of hydrogen-bond donors (Lipinski definition) is 0. The molecule has 1 aliphatic carbocycles. The average Bonchev–Trinajstić information content (AvgIpc) is 3.24. The third-order valence-corrected chi connectivity index (χ3v) is 3.99. The van der Waals surface area contributed by atoms with E-state index in [2.05, 4.69) is 20.2 Å². The third kappa shape index (κ3) is 1.99. The largest absolute Gasteiger partial charge is 0.352 e. The zero-order valence-corrected chi connectivity index (χ0v) is 11.1. The number of carbonyl (C=O) groups is 1. The van der Waals surface area contributed by atoms with Gasteiger partial charge in [0.25, 0.3) is 0 Å². The van der Waals surface area contributed by atoms with Gasteiger partial charge in [0.2, 0.25) is 5.91 Å². The smallest absolute Gasteiger partial charge is 0.225 e. The second kappa shape index (κ2) is 4.43. The molecule has 20 heavy (non-hydrogen) atoms. The first kappa shape index (κ1) is 11.6. The third-order valence-electron chi connectivity index (χ3n) is 3.99. The molecule has 0 N–H and O–H groups in total. The van der Waals surface area contributed by atoms with E-state index in [1.165, 1.54) is 0 Å². The van der Waals surface area contributed by atoms with Crippen LogP contribution in [0.5, 0.6) is 0 Å². The van der Waals surface area contributed by atoms with Gasteiger partial charge in [-0.2, -0.15) is 4.52 Å². The molecule has 3 heterocycles. The van der Waals surface area contributed by atoms with Gasteiger partial charge in [-0.3, -0.25) is 4.79 Å². The van der Waals surface area contributed by atoms with Crippen LogP contribution in [0, 0.1) is 5.92 Å². The van der Waals surface area contributed by atoms with Gasteiger partial charge in [0, 0.05) is 32.1 Å². The summed E-state index contributed by atoms with van der Waals surface area (Å²) >= 11 is 0. The van der Waals surface area contributed by atoms with Crippen LogP contribution in [0.15, 0.2) is 18.5 Å². The number of rotatable bonds is 2. The van der Waals surface area contributed by atoms with Gasteiger partial charge < -0.3 is 9.80 Å². The van der Waals surface area contributed by atoms with Crippen LogP contribution in [0.4, 0.5) is 5.82 Å². The normalized spacial score (nSPS) is 19.6. The van der Waals surface area contributed by atoms with E-state index in [4.69, 9.17) is 0 Å². The lowest BCUT2D eigenvalue weighted by Gasteiger charge is -2.35. The number of nitrogens with zero attached hydrogens (tertiary/aromatic N) is 6. The summed E-state index contributed by atoms with van der Waals surface area (Å²) in [6.07, 6.45) is 3.75. The van der Waals surface area contributed by atoms with Gasteiger partial charge in [-0.25, -0.2) is 0 Å². The van der Waals surface area contributed by atoms with E-state index in [1.807, 2.05) is 17.0 Å². The minimum absolute atomic E-state index is 0.313. The Morgan fingerprint density at radius 3 is 2.70 bits per heavy atom. The van der Waals surface area contributed by atoms with Crippen molar-refractivity contribution in [3.63, 3.8) is 0 Å². The maximum Gasteiger partial charge on any atom is 0.225 e. The Bertz CT molecular complexity index is 641. The fraction of sp³-hybridized carbons (Fsp3) is 0.538. The molecule has 0 atom stereocenters. The van der Waals surface area contributed by atoms with Crippen molar-refractivity contribution >= 4 is 17.4 Å². The highest BCUT2D eigenvalue weighted by atomic mass is 16.2. The molecule has 0 unspecified atom stereocenters. The molecule has 2 aromatic heterocycles. The molecule has 7 nitrogen and oxygen atoms in total. The van der Waals surface area contributed by atoms with Crippen molar-refractivity contribution in [3.05, 3.63) is 18.5 Å². The van der Waals surface area contributed by atoms with Gasteiger partial charge in [0.05, 0.1) is 0 Å². The van der Waals surface area contributed by atoms with E-state index < -0.39 is 0 Å². The van der Waals surface area contributed by atoms with Crippen LogP contribution >= 0.6 is 0 Å². The van der Waals surface area contributed by atoms with Crippen LogP contribution in [-0.4, -0.2) is 56.8 Å². The Kier molecular flexibility index (Phi) is 2.58. The van der Waals surface area contributed by atoms with Crippen molar-refractivity contribution in [1.82, 2.24) is 24.7 Å². The fourth-order valence-electron chi connectivity index (χ4n) is 2.63. The lowest BCUT2D eigenvalue weighted by atomic mass is 10.2. The second-order valence-electron chi connectivity index (χ2n) is 5.41. The minimum atomic E-state index is 0.313. The van der Waals surface area contributed by atoms with Gasteiger partial charge in [0.15, 0.2) is 5.65 Å². The van der Waals surface area contributed by atoms with E-state index in [0.717, 1.165) is 50.5 Å². The molecule has 0 aromatic carbocycles. The van der Waals surface area contributed by atoms with Crippen molar-refractivity contribution in [2.24, 2.45) is 5.92 Å². The molecule has 7 heteroatoms. The maximum absolute atomic E-state index is 12.0. The minimum Gasteiger partial charge on any atom is -0.352 e. The number of hydrogen-bond acceptors (Lipinski definition) is 5. The van der Waals surface area contributed by atoms with E-state index in [9.17, 15) is 4.79 Å². The highest BCUT2D eigenvalue weighted by Crippen LogP contribution is 2.31. The molecule has 1 amide bonds. The number of amides is 1. The summed E-state index contributed by atoms with van der Waals surface area (Å²) in [5, 5.41) is 12.3. The monoisotopic (exact) mass is 272 g/mol. The first-order chi connectivity index (χ1) is 9.81. The van der Waals surface area contributed by atoms with E-state index >= 15 is 0 Å². The summed E-state index contributed by atoms with van der Waals surface area (Å²) < 4.78 is 1.68. The van der Waals surface area contributed by atoms with E-state index in [1.54, 1.807) is 10.8 Å². The molecule has 0 bridgehead atoms. The predicted octanol–water partition coefficient (Wildman–Crippen LogP) is 0.183. The molecule has 2 aromatic rings. The molecule has 1 aliphatic heterocycles. The van der Waals surface area contributed by atoms with Crippen LogP contribution in [0.2, 0.25) is 0 Å². The topological polar surface area (TPSA) is 66.6 Å². The number of piperazine rings is 1. The second-order valence-corrected chi connectivity index (χ2v) is 5.41. The number of fused-ring (bicyclic) bond motifs is 1. The molecule has 0 radical (unpaired) electrons. The quantitative estimate of drug-likeness (QED) is 0.780.